The lowest BCUT2D eigenvalue weighted by atomic mass is 10.1. The molecule has 0 aromatic heterocycles. The number of benzene rings is 2. The van der Waals surface area contributed by atoms with E-state index in [0.29, 0.717) is 12.3 Å². The standard InChI is InChI=1S/C19H22N2O4/c1-13(19(23)21-11-10-14-6-4-3-5-7-14)25-17-12-15(24-2)8-9-16(17)18(20)22/h3-9,12-13H,10-11H2,1-2H3,(H2,20,22)(H,21,23)/t13-/m0/s1. The number of hydrogen-bond donors (Lipinski definition) is 2. The van der Waals surface area contributed by atoms with E-state index >= 15 is 0 Å². The number of carbonyl (C=O) groups excluding carboxylic acids is 2. The summed E-state index contributed by atoms with van der Waals surface area (Å²) in [7, 11) is 1.50. The Labute approximate surface area is 146 Å². The highest BCUT2D eigenvalue weighted by molar-refractivity contribution is 5.96. The first-order valence-electron chi connectivity index (χ1n) is 7.97. The number of nitrogens with one attached hydrogen (secondary N) is 1. The van der Waals surface area contributed by atoms with Crippen molar-refractivity contribution in [3.63, 3.8) is 0 Å². The summed E-state index contributed by atoms with van der Waals surface area (Å²) in [6, 6.07) is 14.5. The molecule has 25 heavy (non-hydrogen) atoms. The van der Waals surface area contributed by atoms with Gasteiger partial charge in [0.25, 0.3) is 11.8 Å². The van der Waals surface area contributed by atoms with Crippen LogP contribution in [0.15, 0.2) is 48.5 Å². The second kappa shape index (κ2) is 8.73. The molecule has 0 fully saturated rings. The van der Waals surface area contributed by atoms with Crippen molar-refractivity contribution in [1.29, 1.82) is 0 Å². The quantitative estimate of drug-likeness (QED) is 0.767. The number of rotatable bonds is 8. The van der Waals surface area contributed by atoms with Crippen LogP contribution in [0.5, 0.6) is 11.5 Å². The molecule has 0 saturated heterocycles. The Morgan fingerprint density at radius 1 is 1.16 bits per heavy atom. The molecule has 3 N–H and O–H groups in total. The molecule has 0 saturated carbocycles. The molecule has 0 aliphatic heterocycles. The highest BCUT2D eigenvalue weighted by Gasteiger charge is 2.18. The van der Waals surface area contributed by atoms with E-state index in [1.165, 1.54) is 19.2 Å². The van der Waals surface area contributed by atoms with Gasteiger partial charge in [0.15, 0.2) is 6.10 Å². The van der Waals surface area contributed by atoms with Crippen molar-refractivity contribution in [1.82, 2.24) is 5.32 Å². The summed E-state index contributed by atoms with van der Waals surface area (Å²) in [5.74, 6) is -0.169. The van der Waals surface area contributed by atoms with Crippen molar-refractivity contribution >= 4 is 11.8 Å². The Morgan fingerprint density at radius 2 is 1.88 bits per heavy atom. The first-order valence-corrected chi connectivity index (χ1v) is 7.97. The van der Waals surface area contributed by atoms with Crippen LogP contribution >= 0.6 is 0 Å². The number of amides is 2. The summed E-state index contributed by atoms with van der Waals surface area (Å²) in [6.07, 6.45) is -0.0497. The molecule has 0 bridgehead atoms. The number of nitrogens with two attached hydrogens (primary N) is 1. The van der Waals surface area contributed by atoms with Gasteiger partial charge < -0.3 is 20.5 Å². The summed E-state index contributed by atoms with van der Waals surface area (Å²) < 4.78 is 10.7. The smallest absolute Gasteiger partial charge is 0.260 e. The fraction of sp³-hybridized carbons (Fsp3) is 0.263. The normalized spacial score (nSPS) is 11.4. The SMILES string of the molecule is COc1ccc(C(N)=O)c(O[C@@H](C)C(=O)NCCc2ccccc2)c1. The summed E-state index contributed by atoms with van der Waals surface area (Å²) in [4.78, 5) is 23.7. The molecule has 0 aliphatic carbocycles. The van der Waals surface area contributed by atoms with E-state index in [-0.39, 0.29) is 17.2 Å². The van der Waals surface area contributed by atoms with Crippen molar-refractivity contribution in [3.05, 3.63) is 59.7 Å². The maximum absolute atomic E-state index is 12.2. The van der Waals surface area contributed by atoms with Crippen LogP contribution in [0.3, 0.4) is 0 Å². The molecular weight excluding hydrogens is 320 g/mol. The van der Waals surface area contributed by atoms with Gasteiger partial charge in [0, 0.05) is 12.6 Å². The van der Waals surface area contributed by atoms with Gasteiger partial charge in [-0.2, -0.15) is 0 Å². The third-order valence-electron chi connectivity index (χ3n) is 3.68. The zero-order valence-corrected chi connectivity index (χ0v) is 14.3. The van der Waals surface area contributed by atoms with E-state index in [1.807, 2.05) is 30.3 Å². The average molecular weight is 342 g/mol. The molecule has 0 unspecified atom stereocenters. The average Bonchev–Trinajstić information content (AvgIpc) is 2.62. The van der Waals surface area contributed by atoms with E-state index < -0.39 is 12.0 Å². The molecule has 6 heteroatoms. The predicted octanol–water partition coefficient (Wildman–Crippen LogP) is 1.92. The number of carbonyl (C=O) groups is 2. The lowest BCUT2D eigenvalue weighted by Crippen LogP contribution is -2.37. The summed E-state index contributed by atoms with van der Waals surface area (Å²) in [6.45, 7) is 2.11. The summed E-state index contributed by atoms with van der Waals surface area (Å²) in [5, 5.41) is 2.82. The lowest BCUT2D eigenvalue weighted by molar-refractivity contribution is -0.127. The zero-order valence-electron chi connectivity index (χ0n) is 14.3. The molecule has 2 aromatic rings. The predicted molar refractivity (Wildman–Crippen MR) is 94.8 cm³/mol. The summed E-state index contributed by atoms with van der Waals surface area (Å²) >= 11 is 0. The van der Waals surface area contributed by atoms with Gasteiger partial charge in [0.1, 0.15) is 11.5 Å². The van der Waals surface area contributed by atoms with Crippen LogP contribution in [-0.4, -0.2) is 31.6 Å². The van der Waals surface area contributed by atoms with Crippen molar-refractivity contribution in [2.75, 3.05) is 13.7 Å². The van der Waals surface area contributed by atoms with Gasteiger partial charge in [-0.05, 0) is 31.0 Å². The van der Waals surface area contributed by atoms with E-state index in [4.69, 9.17) is 15.2 Å². The van der Waals surface area contributed by atoms with Gasteiger partial charge in [-0.25, -0.2) is 0 Å². The Balaban J connectivity index is 1.95. The zero-order chi connectivity index (χ0) is 18.2. The number of primary amides is 1. The van der Waals surface area contributed by atoms with Gasteiger partial charge in [0.2, 0.25) is 0 Å². The van der Waals surface area contributed by atoms with Gasteiger partial charge in [-0.3, -0.25) is 9.59 Å². The van der Waals surface area contributed by atoms with Crippen LogP contribution in [-0.2, 0) is 11.2 Å². The minimum atomic E-state index is -0.777. The molecule has 0 radical (unpaired) electrons. The van der Waals surface area contributed by atoms with Gasteiger partial charge >= 0.3 is 0 Å². The van der Waals surface area contributed by atoms with Crippen molar-refractivity contribution in [3.8, 4) is 11.5 Å². The van der Waals surface area contributed by atoms with E-state index in [1.54, 1.807) is 13.0 Å². The molecule has 6 nitrogen and oxygen atoms in total. The minimum absolute atomic E-state index is 0.199. The van der Waals surface area contributed by atoms with Gasteiger partial charge in [0.05, 0.1) is 12.7 Å². The fourth-order valence-electron chi connectivity index (χ4n) is 2.29. The molecule has 0 heterocycles. The van der Waals surface area contributed by atoms with Crippen LogP contribution in [0.25, 0.3) is 0 Å². The molecule has 0 spiro atoms. The first kappa shape index (κ1) is 18.3. The summed E-state index contributed by atoms with van der Waals surface area (Å²) in [5.41, 5.74) is 6.68. The molecule has 2 amide bonds. The topological polar surface area (TPSA) is 90.7 Å². The van der Waals surface area contributed by atoms with E-state index in [0.717, 1.165) is 12.0 Å². The van der Waals surface area contributed by atoms with E-state index in [9.17, 15) is 9.59 Å². The fourth-order valence-corrected chi connectivity index (χ4v) is 2.29. The van der Waals surface area contributed by atoms with Crippen LogP contribution in [0.1, 0.15) is 22.8 Å². The number of methoxy groups -OCH3 is 1. The highest BCUT2D eigenvalue weighted by Crippen LogP contribution is 2.25. The Kier molecular flexibility index (Phi) is 6.39. The van der Waals surface area contributed by atoms with E-state index in [2.05, 4.69) is 5.32 Å². The third-order valence-corrected chi connectivity index (χ3v) is 3.68. The van der Waals surface area contributed by atoms with Crippen molar-refractivity contribution < 1.29 is 19.1 Å². The van der Waals surface area contributed by atoms with Gasteiger partial charge in [-0.15, -0.1) is 0 Å². The van der Waals surface area contributed by atoms with Crippen LogP contribution in [0.2, 0.25) is 0 Å². The van der Waals surface area contributed by atoms with Crippen LogP contribution in [0, 0.1) is 0 Å². The maximum Gasteiger partial charge on any atom is 0.260 e. The molecule has 1 atom stereocenters. The lowest BCUT2D eigenvalue weighted by Gasteiger charge is -2.17. The highest BCUT2D eigenvalue weighted by atomic mass is 16.5. The number of hydrogen-bond acceptors (Lipinski definition) is 4. The Morgan fingerprint density at radius 3 is 2.52 bits per heavy atom. The Hall–Kier alpha value is -3.02. The minimum Gasteiger partial charge on any atom is -0.497 e. The van der Waals surface area contributed by atoms with Crippen molar-refractivity contribution in [2.24, 2.45) is 5.73 Å². The third kappa shape index (κ3) is 5.24. The molecular formula is C19H22N2O4. The Bertz CT molecular complexity index is 731. The van der Waals surface area contributed by atoms with Crippen molar-refractivity contribution in [2.45, 2.75) is 19.4 Å². The second-order valence-electron chi connectivity index (χ2n) is 5.51. The molecule has 132 valence electrons. The number of ether oxygens (including phenoxy) is 2. The molecule has 0 aliphatic rings. The maximum atomic E-state index is 12.2. The largest absolute Gasteiger partial charge is 0.497 e. The monoisotopic (exact) mass is 342 g/mol. The first-order chi connectivity index (χ1) is 12.0. The molecule has 2 aromatic carbocycles. The van der Waals surface area contributed by atoms with Crippen LogP contribution < -0.4 is 20.5 Å². The van der Waals surface area contributed by atoms with Crippen LogP contribution in [0.4, 0.5) is 0 Å². The van der Waals surface area contributed by atoms with Gasteiger partial charge in [-0.1, -0.05) is 30.3 Å². The second-order valence-corrected chi connectivity index (χ2v) is 5.51. The molecule has 2 rings (SSSR count).